The van der Waals surface area contributed by atoms with Gasteiger partial charge in [-0.25, -0.2) is 0 Å². The summed E-state index contributed by atoms with van der Waals surface area (Å²) in [4.78, 5) is 13.2. The summed E-state index contributed by atoms with van der Waals surface area (Å²) in [6.07, 6.45) is -1.12. The Morgan fingerprint density at radius 3 is 1.69 bits per heavy atom. The molecular formula is C23H20Cl3NO2. The van der Waals surface area contributed by atoms with Crippen LogP contribution in [0.3, 0.4) is 0 Å². The van der Waals surface area contributed by atoms with Crippen LogP contribution in [0.1, 0.15) is 22.6 Å². The van der Waals surface area contributed by atoms with Crippen molar-refractivity contribution in [3.05, 3.63) is 108 Å². The Hall–Kier alpha value is -2.04. The molecule has 0 aliphatic carbocycles. The van der Waals surface area contributed by atoms with E-state index in [0.29, 0.717) is 0 Å². The zero-order chi connectivity index (χ0) is 20.7. The van der Waals surface area contributed by atoms with Gasteiger partial charge in [0.25, 0.3) is 0 Å². The Morgan fingerprint density at radius 1 is 0.793 bits per heavy atom. The number of nitrogens with one attached hydrogen (secondary N) is 1. The van der Waals surface area contributed by atoms with Gasteiger partial charge in [-0.2, -0.15) is 0 Å². The van der Waals surface area contributed by atoms with E-state index < -0.39 is 15.9 Å². The molecule has 1 N–H and O–H groups in total. The van der Waals surface area contributed by atoms with E-state index in [1.165, 1.54) is 0 Å². The van der Waals surface area contributed by atoms with E-state index in [4.69, 9.17) is 39.5 Å². The van der Waals surface area contributed by atoms with Crippen molar-refractivity contribution >= 4 is 40.7 Å². The van der Waals surface area contributed by atoms with Crippen LogP contribution in [-0.4, -0.2) is 15.9 Å². The van der Waals surface area contributed by atoms with Crippen molar-refractivity contribution in [2.45, 2.75) is 22.5 Å². The highest BCUT2D eigenvalue weighted by molar-refractivity contribution is 6.68. The van der Waals surface area contributed by atoms with E-state index in [0.717, 1.165) is 16.7 Å². The van der Waals surface area contributed by atoms with Crippen LogP contribution in [0.15, 0.2) is 91.0 Å². The molecule has 6 heteroatoms. The van der Waals surface area contributed by atoms with Crippen molar-refractivity contribution in [3.8, 4) is 0 Å². The van der Waals surface area contributed by atoms with Gasteiger partial charge in [0.1, 0.15) is 0 Å². The van der Waals surface area contributed by atoms with Crippen molar-refractivity contribution < 1.29 is 9.53 Å². The minimum absolute atomic E-state index is 0.195. The molecule has 3 rings (SSSR count). The molecule has 0 heterocycles. The standard InChI is InChI=1S/C23H20Cl3NO2/c24-23(25,26)22(29-16-17-10-4-1-5-11-17)27-21(28)20(18-12-6-2-7-13-18)19-14-8-3-9-15-19/h1-15,20,22H,16H2,(H,27,28). The maximum Gasteiger partial charge on any atom is 0.234 e. The third-order valence-electron chi connectivity index (χ3n) is 4.36. The molecule has 0 saturated heterocycles. The van der Waals surface area contributed by atoms with E-state index in [1.54, 1.807) is 0 Å². The number of amides is 1. The van der Waals surface area contributed by atoms with Crippen LogP contribution in [0.4, 0.5) is 0 Å². The van der Waals surface area contributed by atoms with Crippen LogP contribution in [-0.2, 0) is 16.1 Å². The van der Waals surface area contributed by atoms with Crippen molar-refractivity contribution in [2.24, 2.45) is 0 Å². The number of hydrogen-bond donors (Lipinski definition) is 1. The van der Waals surface area contributed by atoms with Crippen molar-refractivity contribution in [1.82, 2.24) is 5.32 Å². The molecule has 0 aliphatic heterocycles. The average Bonchev–Trinajstić information content (AvgIpc) is 2.73. The highest BCUT2D eigenvalue weighted by Gasteiger charge is 2.37. The Bertz CT molecular complexity index is 860. The van der Waals surface area contributed by atoms with Gasteiger partial charge >= 0.3 is 0 Å². The maximum atomic E-state index is 13.2. The lowest BCUT2D eigenvalue weighted by Crippen LogP contribution is -2.47. The summed E-state index contributed by atoms with van der Waals surface area (Å²) in [5.41, 5.74) is 2.58. The van der Waals surface area contributed by atoms with Crippen LogP contribution >= 0.6 is 34.8 Å². The number of halogens is 3. The van der Waals surface area contributed by atoms with Crippen molar-refractivity contribution in [2.75, 3.05) is 0 Å². The lowest BCUT2D eigenvalue weighted by Gasteiger charge is -2.28. The molecule has 1 unspecified atom stereocenters. The molecule has 0 radical (unpaired) electrons. The summed E-state index contributed by atoms with van der Waals surface area (Å²) in [6.45, 7) is 0.195. The minimum Gasteiger partial charge on any atom is -0.349 e. The van der Waals surface area contributed by atoms with Gasteiger partial charge in [-0.1, -0.05) is 126 Å². The van der Waals surface area contributed by atoms with Gasteiger partial charge in [-0.05, 0) is 16.7 Å². The average molecular weight is 449 g/mol. The van der Waals surface area contributed by atoms with Crippen LogP contribution in [0.2, 0.25) is 0 Å². The molecular weight excluding hydrogens is 429 g/mol. The molecule has 0 fully saturated rings. The molecule has 29 heavy (non-hydrogen) atoms. The minimum atomic E-state index is -1.83. The number of carbonyl (C=O) groups excluding carboxylic acids is 1. The first-order chi connectivity index (χ1) is 13.9. The van der Waals surface area contributed by atoms with Crippen molar-refractivity contribution in [1.29, 1.82) is 0 Å². The highest BCUT2D eigenvalue weighted by Crippen LogP contribution is 2.33. The fourth-order valence-corrected chi connectivity index (χ4v) is 3.32. The number of carbonyl (C=O) groups is 1. The predicted octanol–water partition coefficient (Wildman–Crippen LogP) is 5.85. The number of rotatable bonds is 7. The van der Waals surface area contributed by atoms with Crippen molar-refractivity contribution in [3.63, 3.8) is 0 Å². The van der Waals surface area contributed by atoms with E-state index in [1.807, 2.05) is 91.0 Å². The molecule has 3 nitrogen and oxygen atoms in total. The molecule has 0 bridgehead atoms. The first kappa shape index (κ1) is 21.7. The summed E-state index contributed by atoms with van der Waals surface area (Å²) >= 11 is 18.3. The smallest absolute Gasteiger partial charge is 0.234 e. The van der Waals surface area contributed by atoms with Gasteiger partial charge in [0.15, 0.2) is 6.23 Å². The second-order valence-electron chi connectivity index (χ2n) is 6.48. The Balaban J connectivity index is 1.82. The Labute approximate surface area is 185 Å². The molecule has 0 aliphatic rings. The van der Waals surface area contributed by atoms with Gasteiger partial charge in [-0.3, -0.25) is 4.79 Å². The molecule has 1 amide bonds. The van der Waals surface area contributed by atoms with Gasteiger partial charge in [0.2, 0.25) is 9.70 Å². The molecule has 1 atom stereocenters. The second kappa shape index (κ2) is 10.1. The molecule has 3 aromatic rings. The van der Waals surface area contributed by atoms with Gasteiger partial charge in [0.05, 0.1) is 12.5 Å². The maximum absolute atomic E-state index is 13.2. The third-order valence-corrected chi connectivity index (χ3v) is 4.95. The Kier molecular flexibility index (Phi) is 7.57. The summed E-state index contributed by atoms with van der Waals surface area (Å²) in [7, 11) is 0. The zero-order valence-corrected chi connectivity index (χ0v) is 17.7. The lowest BCUT2D eigenvalue weighted by atomic mass is 9.90. The molecule has 150 valence electrons. The number of hydrogen-bond acceptors (Lipinski definition) is 2. The van der Waals surface area contributed by atoms with Gasteiger partial charge in [0, 0.05) is 0 Å². The topological polar surface area (TPSA) is 38.3 Å². The van der Waals surface area contributed by atoms with E-state index >= 15 is 0 Å². The van der Waals surface area contributed by atoms with Gasteiger partial charge in [-0.15, -0.1) is 0 Å². The van der Waals surface area contributed by atoms with Crippen LogP contribution in [0.5, 0.6) is 0 Å². The highest BCUT2D eigenvalue weighted by atomic mass is 35.6. The zero-order valence-electron chi connectivity index (χ0n) is 15.5. The summed E-state index contributed by atoms with van der Waals surface area (Å²) < 4.78 is 3.93. The second-order valence-corrected chi connectivity index (χ2v) is 8.85. The van der Waals surface area contributed by atoms with E-state index in [2.05, 4.69) is 5.32 Å². The first-order valence-corrected chi connectivity index (χ1v) is 10.2. The first-order valence-electron chi connectivity index (χ1n) is 9.07. The monoisotopic (exact) mass is 447 g/mol. The number of ether oxygens (including phenoxy) is 1. The molecule has 0 spiro atoms. The predicted molar refractivity (Wildman–Crippen MR) is 118 cm³/mol. The lowest BCUT2D eigenvalue weighted by molar-refractivity contribution is -0.126. The van der Waals surface area contributed by atoms with Gasteiger partial charge < -0.3 is 10.1 Å². The largest absolute Gasteiger partial charge is 0.349 e. The van der Waals surface area contributed by atoms with Crippen LogP contribution in [0, 0.1) is 0 Å². The van der Waals surface area contributed by atoms with Crippen LogP contribution in [0.25, 0.3) is 0 Å². The SMILES string of the molecule is O=C(NC(OCc1ccccc1)C(Cl)(Cl)Cl)C(c1ccccc1)c1ccccc1. The number of alkyl halides is 3. The van der Waals surface area contributed by atoms with E-state index in [9.17, 15) is 4.79 Å². The van der Waals surface area contributed by atoms with Crippen LogP contribution < -0.4 is 5.32 Å². The Morgan fingerprint density at radius 2 is 1.24 bits per heavy atom. The quantitative estimate of drug-likeness (QED) is 0.364. The summed E-state index contributed by atoms with van der Waals surface area (Å²) in [6, 6.07) is 28.4. The normalized spacial score (nSPS) is 12.6. The fraction of sp³-hybridized carbons (Fsp3) is 0.174. The molecule has 0 aromatic heterocycles. The van der Waals surface area contributed by atoms with E-state index in [-0.39, 0.29) is 12.5 Å². The third kappa shape index (κ3) is 6.22. The summed E-state index contributed by atoms with van der Waals surface area (Å²) in [5.74, 6) is -0.876. The number of benzene rings is 3. The molecule has 0 saturated carbocycles. The fourth-order valence-electron chi connectivity index (χ4n) is 2.97. The summed E-state index contributed by atoms with van der Waals surface area (Å²) in [5, 5.41) is 2.77. The molecule has 3 aromatic carbocycles.